The number of hydrogen-bond donors (Lipinski definition) is 3. The fourth-order valence-corrected chi connectivity index (χ4v) is 8.32. The predicted octanol–water partition coefficient (Wildman–Crippen LogP) is 2.00. The molecule has 0 radical (unpaired) electrons. The third kappa shape index (κ3) is 8.38. The highest BCUT2D eigenvalue weighted by molar-refractivity contribution is 8.20. The quantitative estimate of drug-likeness (QED) is 0.120. The highest BCUT2D eigenvalue weighted by atomic mass is 32.2. The number of aliphatic hydroxyl groups excluding tert-OH is 1. The van der Waals surface area contributed by atoms with Crippen molar-refractivity contribution in [3.05, 3.63) is 77.8 Å². The van der Waals surface area contributed by atoms with Crippen LogP contribution in [0.5, 0.6) is 0 Å². The standard InChI is InChI=1S/C37H44BF3N6O6S/c1-37(2,16-29(48)42-10-12-53-13-11-46-30(49)15-28(54-38)35(46)51)33(47-19-24-26(41)17-43-31(24)32(50)36(47)52)34-44-27(23-14-22(39)8-9-25(23)40)20-45(34)18-21-6-4-3-5-7-21/h3-9,14,20,24,26,28,31-33,43,50H,10-13,15-19,38H2,1-2H3,(H,42,48)/t24-,26-,28?,31?,32-,33-/m0/s1. The predicted molar refractivity (Wildman–Crippen MR) is 197 cm³/mol. The molecule has 0 bridgehead atoms. The first-order valence-corrected chi connectivity index (χ1v) is 19.2. The van der Waals surface area contributed by atoms with E-state index < -0.39 is 59.1 Å². The number of aromatic nitrogens is 2. The van der Waals surface area contributed by atoms with Gasteiger partial charge in [0.25, 0.3) is 5.91 Å². The number of imidazole rings is 1. The highest BCUT2D eigenvalue weighted by Crippen LogP contribution is 2.45. The van der Waals surface area contributed by atoms with E-state index in [1.165, 1.54) is 21.4 Å². The van der Waals surface area contributed by atoms with Gasteiger partial charge in [0.2, 0.25) is 17.7 Å². The first-order valence-electron chi connectivity index (χ1n) is 17.9. The van der Waals surface area contributed by atoms with Gasteiger partial charge in [-0.1, -0.05) is 44.2 Å². The van der Waals surface area contributed by atoms with Gasteiger partial charge < -0.3 is 29.9 Å². The second-order valence-electron chi connectivity index (χ2n) is 14.6. The summed E-state index contributed by atoms with van der Waals surface area (Å²) >= 11 is 1.33. The molecule has 3 aromatic rings. The van der Waals surface area contributed by atoms with E-state index in [0.29, 0.717) is 0 Å². The third-order valence-electron chi connectivity index (χ3n) is 10.4. The molecule has 1 aromatic heterocycles. The lowest BCUT2D eigenvalue weighted by molar-refractivity contribution is -0.156. The molecule has 2 aromatic carbocycles. The average molecular weight is 769 g/mol. The minimum atomic E-state index is -1.57. The van der Waals surface area contributed by atoms with Crippen LogP contribution < -0.4 is 10.6 Å². The summed E-state index contributed by atoms with van der Waals surface area (Å²) < 4.78 is 52.2. The van der Waals surface area contributed by atoms with Gasteiger partial charge in [0, 0.05) is 68.2 Å². The largest absolute Gasteiger partial charge is 0.382 e. The number of ether oxygens (including phenoxy) is 1. The molecule has 0 spiro atoms. The van der Waals surface area contributed by atoms with Gasteiger partial charge in [-0.05, 0) is 23.8 Å². The second-order valence-corrected chi connectivity index (χ2v) is 15.7. The molecule has 3 aliphatic heterocycles. The van der Waals surface area contributed by atoms with Gasteiger partial charge in [-0.3, -0.25) is 24.1 Å². The van der Waals surface area contributed by atoms with Crippen LogP contribution in [-0.2, 0) is 30.5 Å². The molecule has 4 heterocycles. The Morgan fingerprint density at radius 3 is 2.63 bits per heavy atom. The molecule has 6 atom stereocenters. The Morgan fingerprint density at radius 2 is 1.91 bits per heavy atom. The fraction of sp³-hybridized carbons (Fsp3) is 0.486. The Morgan fingerprint density at radius 1 is 1.15 bits per heavy atom. The highest BCUT2D eigenvalue weighted by Gasteiger charge is 2.53. The Kier molecular flexibility index (Phi) is 12.2. The number of rotatable bonds is 15. The molecule has 3 fully saturated rings. The molecule has 6 rings (SSSR count). The minimum Gasteiger partial charge on any atom is -0.382 e. The summed E-state index contributed by atoms with van der Waals surface area (Å²) in [6.45, 7) is 4.05. The van der Waals surface area contributed by atoms with Crippen molar-refractivity contribution < 1.29 is 42.2 Å². The van der Waals surface area contributed by atoms with E-state index in [9.17, 15) is 28.7 Å². The zero-order chi connectivity index (χ0) is 38.7. The molecule has 17 heteroatoms. The summed E-state index contributed by atoms with van der Waals surface area (Å²) in [4.78, 5) is 59.4. The summed E-state index contributed by atoms with van der Waals surface area (Å²) in [5, 5.41) is 16.5. The van der Waals surface area contributed by atoms with E-state index in [1.54, 1.807) is 31.7 Å². The Labute approximate surface area is 316 Å². The molecule has 3 N–H and O–H groups in total. The van der Waals surface area contributed by atoms with Gasteiger partial charge in [-0.25, -0.2) is 29.8 Å². The number of nitrogens with one attached hydrogen (secondary N) is 2. The van der Waals surface area contributed by atoms with E-state index in [-0.39, 0.29) is 92.9 Å². The second kappa shape index (κ2) is 16.7. The number of likely N-dealkylation sites (tertiary alicyclic amines) is 2. The molecule has 12 nitrogen and oxygen atoms in total. The van der Waals surface area contributed by atoms with Crippen molar-refractivity contribution in [3.63, 3.8) is 0 Å². The van der Waals surface area contributed by atoms with Gasteiger partial charge in [-0.2, -0.15) is 0 Å². The summed E-state index contributed by atoms with van der Waals surface area (Å²) in [7, 11) is 1.78. The number of fused-ring (bicyclic) bond motifs is 1. The van der Waals surface area contributed by atoms with Crippen LogP contribution in [0.25, 0.3) is 11.3 Å². The van der Waals surface area contributed by atoms with Crippen molar-refractivity contribution in [2.24, 2.45) is 11.3 Å². The summed E-state index contributed by atoms with van der Waals surface area (Å²) in [5.41, 5.74) is -0.287. The summed E-state index contributed by atoms with van der Waals surface area (Å²) in [6.07, 6.45) is -1.34. The van der Waals surface area contributed by atoms with Crippen LogP contribution in [0.4, 0.5) is 13.2 Å². The maximum absolute atomic E-state index is 15.2. The average Bonchev–Trinajstić information content (AvgIpc) is 3.80. The molecule has 4 amide bonds. The maximum atomic E-state index is 15.2. The van der Waals surface area contributed by atoms with E-state index >= 15 is 8.78 Å². The number of carbonyl (C=O) groups is 4. The molecule has 0 aliphatic carbocycles. The monoisotopic (exact) mass is 768 g/mol. The maximum Gasteiger partial charge on any atom is 0.253 e. The summed E-state index contributed by atoms with van der Waals surface area (Å²) in [5.74, 6) is -3.42. The number of hydrogen-bond acceptors (Lipinski definition) is 9. The van der Waals surface area contributed by atoms with Gasteiger partial charge in [-0.15, -0.1) is 0 Å². The molecular formula is C37H44BF3N6O6S. The number of halogens is 3. The molecule has 2 unspecified atom stereocenters. The van der Waals surface area contributed by atoms with E-state index in [0.717, 1.165) is 23.8 Å². The zero-order valence-electron chi connectivity index (χ0n) is 30.3. The van der Waals surface area contributed by atoms with Crippen molar-refractivity contribution in [1.82, 2.24) is 30.0 Å². The van der Waals surface area contributed by atoms with Gasteiger partial charge in [0.05, 0.1) is 36.7 Å². The number of imide groups is 1. The van der Waals surface area contributed by atoms with Crippen LogP contribution in [0.3, 0.4) is 0 Å². The number of carbonyl (C=O) groups excluding carboxylic acids is 4. The van der Waals surface area contributed by atoms with Crippen LogP contribution in [0.1, 0.15) is 44.1 Å². The SMILES string of the molecule is BSC1CC(=O)N(CCOCCNC(=O)CC(C)(C)[C@H](c2nc(-c3cc(F)ccc3F)cn2Cc2ccccc2)N2C[C@@H]3C(NC[C@@H]3F)[C@H](O)C2=O)C1=O. The lowest BCUT2D eigenvalue weighted by Crippen LogP contribution is -2.61. The van der Waals surface area contributed by atoms with Crippen LogP contribution >= 0.6 is 11.6 Å². The number of nitrogens with zero attached hydrogens (tertiary/aromatic N) is 4. The van der Waals surface area contributed by atoms with Gasteiger partial charge >= 0.3 is 0 Å². The van der Waals surface area contributed by atoms with Crippen LogP contribution in [-0.4, -0.2) is 118 Å². The van der Waals surface area contributed by atoms with E-state index in [2.05, 4.69) is 10.6 Å². The summed E-state index contributed by atoms with van der Waals surface area (Å²) in [6, 6.07) is 10.5. The third-order valence-corrected chi connectivity index (χ3v) is 11.3. The normalized spacial score (nSPS) is 23.6. The van der Waals surface area contributed by atoms with E-state index in [1.807, 2.05) is 30.3 Å². The van der Waals surface area contributed by atoms with Crippen LogP contribution in [0.2, 0.25) is 0 Å². The van der Waals surface area contributed by atoms with E-state index in [4.69, 9.17) is 9.72 Å². The van der Waals surface area contributed by atoms with Crippen molar-refractivity contribution in [1.29, 1.82) is 0 Å². The van der Waals surface area contributed by atoms with Gasteiger partial charge in [0.1, 0.15) is 29.7 Å². The van der Waals surface area contributed by atoms with Crippen molar-refractivity contribution >= 4 is 42.4 Å². The Bertz CT molecular complexity index is 1870. The molecule has 3 aliphatic rings. The first-order chi connectivity index (χ1) is 25.8. The zero-order valence-corrected chi connectivity index (χ0v) is 31.2. The number of amides is 4. The van der Waals surface area contributed by atoms with Crippen LogP contribution in [0.15, 0.2) is 54.7 Å². The lowest BCUT2D eigenvalue weighted by atomic mass is 9.77. The lowest BCUT2D eigenvalue weighted by Gasteiger charge is -2.47. The smallest absolute Gasteiger partial charge is 0.253 e. The van der Waals surface area contributed by atoms with Crippen molar-refractivity contribution in [2.45, 2.75) is 62.8 Å². The number of piperidine rings is 1. The molecule has 0 saturated carbocycles. The number of benzene rings is 2. The van der Waals surface area contributed by atoms with Crippen LogP contribution in [0, 0.1) is 23.0 Å². The van der Waals surface area contributed by atoms with Crippen molar-refractivity contribution in [3.8, 4) is 11.3 Å². The topological polar surface area (TPSA) is 146 Å². The number of alkyl halides is 1. The van der Waals surface area contributed by atoms with Crippen molar-refractivity contribution in [2.75, 3.05) is 39.4 Å². The van der Waals surface area contributed by atoms with Gasteiger partial charge in [0.15, 0.2) is 7.12 Å². The minimum absolute atomic E-state index is 0.0271. The number of aliphatic hydroxyl groups is 1. The molecule has 54 heavy (non-hydrogen) atoms. The first kappa shape index (κ1) is 39.5. The Balaban J connectivity index is 1.26. The molecule has 3 saturated heterocycles. The Hall–Kier alpha value is -4.19. The molecule has 288 valence electrons. The molecular weight excluding hydrogens is 724 g/mol. The fourth-order valence-electron chi connectivity index (χ4n) is 7.68.